The number of nitrogens with zero attached hydrogens (tertiary/aromatic N) is 2. The first-order chi connectivity index (χ1) is 9.48. The molecule has 3 N–H and O–H groups in total. The maximum absolute atomic E-state index is 12.5. The Bertz CT molecular complexity index is 536. The number of likely N-dealkylation sites (N-methyl/N-ethyl adjacent to an activating group) is 1. The minimum Gasteiger partial charge on any atom is -0.409 e. The Kier molecular flexibility index (Phi) is 3.94. The number of benzene rings is 1. The average Bonchev–Trinajstić information content (AvgIpc) is 2.93. The molecule has 1 fully saturated rings. The predicted octanol–water partition coefficient (Wildman–Crippen LogP) is 1.31. The van der Waals surface area contributed by atoms with E-state index in [1.165, 1.54) is 0 Å². The van der Waals surface area contributed by atoms with Gasteiger partial charge < -0.3 is 20.6 Å². The smallest absolute Gasteiger partial charge is 0.258 e. The zero-order valence-electron chi connectivity index (χ0n) is 11.7. The van der Waals surface area contributed by atoms with Crippen LogP contribution in [0.2, 0.25) is 0 Å². The molecule has 0 aromatic heterocycles. The molecule has 1 saturated heterocycles. The number of hydrogen-bond acceptors (Lipinski definition) is 4. The first-order valence-electron chi connectivity index (χ1n) is 6.48. The van der Waals surface area contributed by atoms with Crippen LogP contribution >= 0.6 is 0 Å². The number of carbonyl (C=O) groups excluding carboxylic acids is 1. The topological polar surface area (TPSA) is 88.2 Å². The molecule has 1 amide bonds. The normalized spacial score (nSPS) is 22.8. The lowest BCUT2D eigenvalue weighted by atomic mass is 10.0. The second-order valence-corrected chi connectivity index (χ2v) is 5.08. The van der Waals surface area contributed by atoms with E-state index in [1.54, 1.807) is 36.2 Å². The summed E-state index contributed by atoms with van der Waals surface area (Å²) in [6.45, 7) is 2.42. The number of carbonyl (C=O) groups is 1. The van der Waals surface area contributed by atoms with Gasteiger partial charge in [0.15, 0.2) is 5.84 Å². The predicted molar refractivity (Wildman–Crippen MR) is 76.0 cm³/mol. The van der Waals surface area contributed by atoms with Gasteiger partial charge in [0.05, 0.1) is 0 Å². The van der Waals surface area contributed by atoms with Crippen molar-refractivity contribution >= 4 is 17.4 Å². The van der Waals surface area contributed by atoms with Gasteiger partial charge in [-0.15, -0.1) is 0 Å². The molecule has 0 saturated carbocycles. The fourth-order valence-electron chi connectivity index (χ4n) is 2.35. The minimum atomic E-state index is -0.763. The minimum absolute atomic E-state index is 0.0102. The van der Waals surface area contributed by atoms with Crippen LogP contribution in [0.25, 0.3) is 0 Å². The van der Waals surface area contributed by atoms with Crippen LogP contribution in [0.1, 0.15) is 25.3 Å². The Hall–Kier alpha value is -2.08. The van der Waals surface area contributed by atoms with Crippen molar-refractivity contribution in [2.45, 2.75) is 25.4 Å². The molecular formula is C14H19N3O3. The monoisotopic (exact) mass is 277 g/mol. The van der Waals surface area contributed by atoms with Crippen molar-refractivity contribution < 1.29 is 14.7 Å². The molecule has 1 aromatic carbocycles. The van der Waals surface area contributed by atoms with Crippen LogP contribution in [0.3, 0.4) is 0 Å². The average molecular weight is 277 g/mol. The summed E-state index contributed by atoms with van der Waals surface area (Å²) in [5.41, 5.74) is 6.03. The summed E-state index contributed by atoms with van der Waals surface area (Å²) in [4.78, 5) is 14.0. The van der Waals surface area contributed by atoms with E-state index in [0.29, 0.717) is 17.9 Å². The van der Waals surface area contributed by atoms with Gasteiger partial charge in [0, 0.05) is 24.9 Å². The highest BCUT2D eigenvalue weighted by Gasteiger charge is 2.40. The van der Waals surface area contributed by atoms with Crippen molar-refractivity contribution in [1.82, 2.24) is 0 Å². The molecule has 20 heavy (non-hydrogen) atoms. The van der Waals surface area contributed by atoms with E-state index >= 15 is 0 Å². The first kappa shape index (κ1) is 14.3. The number of hydrogen-bond donors (Lipinski definition) is 2. The molecule has 0 spiro atoms. The SMILES string of the molecule is CN(C(=O)C1(C)CCCO1)c1cccc(/C(N)=N/O)c1. The zero-order valence-corrected chi connectivity index (χ0v) is 11.7. The van der Waals surface area contributed by atoms with Crippen LogP contribution in [0, 0.1) is 0 Å². The van der Waals surface area contributed by atoms with Crippen LogP contribution in [-0.4, -0.2) is 36.2 Å². The summed E-state index contributed by atoms with van der Waals surface area (Å²) in [7, 11) is 1.70. The van der Waals surface area contributed by atoms with E-state index in [1.807, 2.05) is 6.92 Å². The van der Waals surface area contributed by atoms with Crippen LogP contribution in [0.15, 0.2) is 29.4 Å². The molecule has 2 rings (SSSR count). The van der Waals surface area contributed by atoms with Gasteiger partial charge >= 0.3 is 0 Å². The summed E-state index contributed by atoms with van der Waals surface area (Å²) < 4.78 is 5.56. The maximum Gasteiger partial charge on any atom is 0.258 e. The molecule has 0 aliphatic carbocycles. The lowest BCUT2D eigenvalue weighted by molar-refractivity contribution is -0.136. The Morgan fingerprint density at radius 2 is 2.30 bits per heavy atom. The van der Waals surface area contributed by atoms with E-state index in [2.05, 4.69) is 5.16 Å². The highest BCUT2D eigenvalue weighted by atomic mass is 16.5. The maximum atomic E-state index is 12.5. The lowest BCUT2D eigenvalue weighted by Gasteiger charge is -2.28. The van der Waals surface area contributed by atoms with E-state index in [-0.39, 0.29) is 11.7 Å². The Morgan fingerprint density at radius 3 is 2.90 bits per heavy atom. The van der Waals surface area contributed by atoms with Crippen LogP contribution in [0.5, 0.6) is 0 Å². The quantitative estimate of drug-likeness (QED) is 0.377. The van der Waals surface area contributed by atoms with Crippen LogP contribution in [0.4, 0.5) is 5.69 Å². The Labute approximate surface area is 117 Å². The highest BCUT2D eigenvalue weighted by molar-refractivity contribution is 6.01. The Morgan fingerprint density at radius 1 is 1.55 bits per heavy atom. The molecule has 1 atom stereocenters. The van der Waals surface area contributed by atoms with Crippen LogP contribution < -0.4 is 10.6 Å². The zero-order chi connectivity index (χ0) is 14.8. The number of ether oxygens (including phenoxy) is 1. The van der Waals surface area contributed by atoms with Crippen molar-refractivity contribution in [3.8, 4) is 0 Å². The molecule has 6 nitrogen and oxygen atoms in total. The van der Waals surface area contributed by atoms with Gasteiger partial charge in [-0.1, -0.05) is 17.3 Å². The van der Waals surface area contributed by atoms with Crippen molar-refractivity contribution in [3.63, 3.8) is 0 Å². The summed E-state index contributed by atoms with van der Waals surface area (Å²) in [5.74, 6) is -0.0808. The summed E-state index contributed by atoms with van der Waals surface area (Å²) in [6.07, 6.45) is 1.61. The molecule has 1 aliphatic rings. The van der Waals surface area contributed by atoms with Gasteiger partial charge in [0.25, 0.3) is 5.91 Å². The van der Waals surface area contributed by atoms with Gasteiger partial charge in [-0.2, -0.15) is 0 Å². The number of oxime groups is 1. The summed E-state index contributed by atoms with van der Waals surface area (Å²) >= 11 is 0. The van der Waals surface area contributed by atoms with Gasteiger partial charge in [0.2, 0.25) is 0 Å². The second-order valence-electron chi connectivity index (χ2n) is 5.08. The van der Waals surface area contributed by atoms with Crippen LogP contribution in [-0.2, 0) is 9.53 Å². The second kappa shape index (κ2) is 5.50. The van der Waals surface area contributed by atoms with Crippen molar-refractivity contribution in [2.75, 3.05) is 18.6 Å². The molecule has 1 unspecified atom stereocenters. The highest BCUT2D eigenvalue weighted by Crippen LogP contribution is 2.29. The van der Waals surface area contributed by atoms with Gasteiger partial charge in [-0.05, 0) is 31.9 Å². The number of amidine groups is 1. The van der Waals surface area contributed by atoms with E-state index in [0.717, 1.165) is 12.8 Å². The van der Waals surface area contributed by atoms with E-state index in [4.69, 9.17) is 15.7 Å². The molecule has 1 aromatic rings. The molecule has 6 heteroatoms. The standard InChI is InChI=1S/C14H19N3O3/c1-14(7-4-8-20-14)13(18)17(2)11-6-3-5-10(9-11)12(15)16-19/h3,5-6,9,19H,4,7-8H2,1-2H3,(H2,15,16). The number of rotatable bonds is 3. The third-order valence-corrected chi connectivity index (χ3v) is 3.61. The Balaban J connectivity index is 2.25. The third-order valence-electron chi connectivity index (χ3n) is 3.61. The van der Waals surface area contributed by atoms with E-state index in [9.17, 15) is 4.79 Å². The van der Waals surface area contributed by atoms with E-state index < -0.39 is 5.60 Å². The summed E-state index contributed by atoms with van der Waals surface area (Å²) in [6, 6.07) is 6.96. The van der Waals surface area contributed by atoms with Crippen molar-refractivity contribution in [1.29, 1.82) is 0 Å². The van der Waals surface area contributed by atoms with Gasteiger partial charge in [0.1, 0.15) is 5.60 Å². The third kappa shape index (κ3) is 2.60. The molecule has 1 heterocycles. The first-order valence-corrected chi connectivity index (χ1v) is 6.48. The number of nitrogens with two attached hydrogens (primary N) is 1. The van der Waals surface area contributed by atoms with Crippen molar-refractivity contribution in [2.24, 2.45) is 10.9 Å². The lowest BCUT2D eigenvalue weighted by Crippen LogP contribution is -2.45. The number of anilines is 1. The van der Waals surface area contributed by atoms with Gasteiger partial charge in [-0.3, -0.25) is 4.79 Å². The van der Waals surface area contributed by atoms with Gasteiger partial charge in [-0.25, -0.2) is 0 Å². The fraction of sp³-hybridized carbons (Fsp3) is 0.429. The van der Waals surface area contributed by atoms with Crippen molar-refractivity contribution in [3.05, 3.63) is 29.8 Å². The number of amides is 1. The molecule has 0 radical (unpaired) electrons. The molecule has 108 valence electrons. The molecule has 0 bridgehead atoms. The molecular weight excluding hydrogens is 258 g/mol. The fourth-order valence-corrected chi connectivity index (χ4v) is 2.35. The summed E-state index contributed by atoms with van der Waals surface area (Å²) in [5, 5.41) is 11.7. The largest absolute Gasteiger partial charge is 0.409 e. The molecule has 1 aliphatic heterocycles.